The molecule has 5 nitrogen and oxygen atoms in total. The summed E-state index contributed by atoms with van der Waals surface area (Å²) in [6.07, 6.45) is 1.56. The number of rotatable bonds is 6. The van der Waals surface area contributed by atoms with Crippen molar-refractivity contribution in [3.05, 3.63) is 83.6 Å². The number of pyridine rings is 1. The first kappa shape index (κ1) is 18.5. The van der Waals surface area contributed by atoms with Gasteiger partial charge in [-0.2, -0.15) is 5.26 Å². The number of nitrogens with one attached hydrogen (secondary N) is 1. The van der Waals surface area contributed by atoms with Gasteiger partial charge in [0, 0.05) is 16.7 Å². The minimum atomic E-state index is -0.190. The Bertz CT molecular complexity index is 964. The van der Waals surface area contributed by atoms with E-state index in [4.69, 9.17) is 10.00 Å². The second-order valence-electron chi connectivity index (χ2n) is 5.64. The molecule has 134 valence electrons. The summed E-state index contributed by atoms with van der Waals surface area (Å²) in [6.45, 7) is 0. The van der Waals surface area contributed by atoms with Crippen LogP contribution in [0.3, 0.4) is 0 Å². The quantitative estimate of drug-likeness (QED) is 0.642. The normalized spacial score (nSPS) is 10.1. The second-order valence-corrected chi connectivity index (χ2v) is 6.65. The van der Waals surface area contributed by atoms with Gasteiger partial charge in [-0.3, -0.25) is 4.79 Å². The average Bonchev–Trinajstić information content (AvgIpc) is 2.73. The molecule has 1 N–H and O–H groups in total. The molecule has 3 aromatic rings. The standard InChI is InChI=1S/C21H17N3O2S/c1-26-20-11-10-17(13-23-20)24-21(25)18-4-2-3-5-19(18)27-14-16-8-6-15(12-22)7-9-16/h2-11,13H,14H2,1H3,(H,24,25). The molecule has 0 bridgehead atoms. The molecular weight excluding hydrogens is 358 g/mol. The predicted molar refractivity (Wildman–Crippen MR) is 106 cm³/mol. The van der Waals surface area contributed by atoms with Crippen LogP contribution >= 0.6 is 11.8 Å². The molecule has 0 aliphatic rings. The zero-order valence-electron chi connectivity index (χ0n) is 14.7. The van der Waals surface area contributed by atoms with Gasteiger partial charge in [-0.25, -0.2) is 4.98 Å². The van der Waals surface area contributed by atoms with Gasteiger partial charge in [0.25, 0.3) is 5.91 Å². The number of carbonyl (C=O) groups excluding carboxylic acids is 1. The first-order valence-electron chi connectivity index (χ1n) is 8.22. The molecule has 0 atom stereocenters. The number of hydrogen-bond donors (Lipinski definition) is 1. The molecule has 0 aliphatic carbocycles. The molecule has 0 aliphatic heterocycles. The highest BCUT2D eigenvalue weighted by molar-refractivity contribution is 7.98. The summed E-state index contributed by atoms with van der Waals surface area (Å²) in [7, 11) is 1.54. The van der Waals surface area contributed by atoms with Gasteiger partial charge >= 0.3 is 0 Å². The van der Waals surface area contributed by atoms with Crippen molar-refractivity contribution < 1.29 is 9.53 Å². The number of methoxy groups -OCH3 is 1. The number of hydrogen-bond acceptors (Lipinski definition) is 5. The average molecular weight is 375 g/mol. The van der Waals surface area contributed by atoms with Crippen molar-refractivity contribution >= 4 is 23.4 Å². The van der Waals surface area contributed by atoms with E-state index in [1.54, 1.807) is 55.4 Å². The molecule has 27 heavy (non-hydrogen) atoms. The van der Waals surface area contributed by atoms with Crippen molar-refractivity contribution in [2.75, 3.05) is 12.4 Å². The maximum atomic E-state index is 12.7. The number of benzene rings is 2. The minimum Gasteiger partial charge on any atom is -0.481 e. The van der Waals surface area contributed by atoms with Crippen LogP contribution < -0.4 is 10.1 Å². The summed E-state index contributed by atoms with van der Waals surface area (Å²) < 4.78 is 5.02. The summed E-state index contributed by atoms with van der Waals surface area (Å²) in [4.78, 5) is 17.6. The van der Waals surface area contributed by atoms with Gasteiger partial charge in [-0.15, -0.1) is 11.8 Å². The van der Waals surface area contributed by atoms with E-state index in [2.05, 4.69) is 16.4 Å². The molecule has 0 radical (unpaired) electrons. The summed E-state index contributed by atoms with van der Waals surface area (Å²) in [5.74, 6) is 1.01. The van der Waals surface area contributed by atoms with Crippen molar-refractivity contribution in [2.45, 2.75) is 10.6 Å². The van der Waals surface area contributed by atoms with Crippen LogP contribution in [0, 0.1) is 11.3 Å². The molecule has 0 saturated carbocycles. The lowest BCUT2D eigenvalue weighted by Gasteiger charge is -2.10. The lowest BCUT2D eigenvalue weighted by atomic mass is 10.2. The van der Waals surface area contributed by atoms with Crippen molar-refractivity contribution in [3.8, 4) is 11.9 Å². The van der Waals surface area contributed by atoms with E-state index in [1.807, 2.05) is 30.3 Å². The minimum absolute atomic E-state index is 0.190. The number of nitriles is 1. The number of nitrogens with zero attached hydrogens (tertiary/aromatic N) is 2. The molecule has 1 amide bonds. The number of amides is 1. The van der Waals surface area contributed by atoms with Crippen molar-refractivity contribution in [1.29, 1.82) is 5.26 Å². The van der Waals surface area contributed by atoms with Crippen LogP contribution in [0.1, 0.15) is 21.5 Å². The summed E-state index contributed by atoms with van der Waals surface area (Å²) >= 11 is 1.58. The molecule has 2 aromatic carbocycles. The van der Waals surface area contributed by atoms with E-state index < -0.39 is 0 Å². The Kier molecular flexibility index (Phi) is 6.08. The largest absolute Gasteiger partial charge is 0.481 e. The van der Waals surface area contributed by atoms with Crippen LogP contribution in [0.2, 0.25) is 0 Å². The Labute approximate surface area is 162 Å². The molecule has 3 rings (SSSR count). The molecule has 1 aromatic heterocycles. The molecule has 0 unspecified atom stereocenters. The van der Waals surface area contributed by atoms with E-state index in [-0.39, 0.29) is 5.91 Å². The monoisotopic (exact) mass is 375 g/mol. The third-order valence-corrected chi connectivity index (χ3v) is 4.96. The summed E-state index contributed by atoms with van der Waals surface area (Å²) in [5, 5.41) is 11.7. The fourth-order valence-electron chi connectivity index (χ4n) is 2.39. The maximum absolute atomic E-state index is 12.7. The SMILES string of the molecule is COc1ccc(NC(=O)c2ccccc2SCc2ccc(C#N)cc2)cn1. The molecule has 6 heteroatoms. The fourth-order valence-corrected chi connectivity index (χ4v) is 3.40. The van der Waals surface area contributed by atoms with Crippen molar-refractivity contribution in [2.24, 2.45) is 0 Å². The Morgan fingerprint density at radius 1 is 1.15 bits per heavy atom. The maximum Gasteiger partial charge on any atom is 0.256 e. The third-order valence-electron chi connectivity index (χ3n) is 3.81. The summed E-state index contributed by atoms with van der Waals surface area (Å²) in [6, 6.07) is 20.5. The molecule has 0 spiro atoms. The smallest absolute Gasteiger partial charge is 0.256 e. The number of anilines is 1. The van der Waals surface area contributed by atoms with E-state index in [9.17, 15) is 4.79 Å². The summed E-state index contributed by atoms with van der Waals surface area (Å²) in [5.41, 5.74) is 2.94. The van der Waals surface area contributed by atoms with Gasteiger partial charge in [0.2, 0.25) is 5.88 Å². The van der Waals surface area contributed by atoms with Crippen LogP contribution in [-0.2, 0) is 5.75 Å². The van der Waals surface area contributed by atoms with Crippen molar-refractivity contribution in [3.63, 3.8) is 0 Å². The molecule has 0 fully saturated rings. The predicted octanol–water partition coefficient (Wildman–Crippen LogP) is 4.51. The topological polar surface area (TPSA) is 75.0 Å². The van der Waals surface area contributed by atoms with Gasteiger partial charge in [0.05, 0.1) is 36.2 Å². The van der Waals surface area contributed by atoms with Gasteiger partial charge in [0.1, 0.15) is 0 Å². The number of thioether (sulfide) groups is 1. The number of ether oxygens (including phenoxy) is 1. The van der Waals surface area contributed by atoms with Gasteiger partial charge < -0.3 is 10.1 Å². The number of aromatic nitrogens is 1. The van der Waals surface area contributed by atoms with E-state index in [0.717, 1.165) is 10.5 Å². The first-order chi connectivity index (χ1) is 13.2. The Morgan fingerprint density at radius 3 is 2.59 bits per heavy atom. The Morgan fingerprint density at radius 2 is 1.93 bits per heavy atom. The van der Waals surface area contributed by atoms with E-state index in [0.29, 0.717) is 28.4 Å². The molecular formula is C21H17N3O2S. The second kappa shape index (κ2) is 8.88. The van der Waals surface area contributed by atoms with Crippen LogP contribution in [0.5, 0.6) is 5.88 Å². The highest BCUT2D eigenvalue weighted by Crippen LogP contribution is 2.27. The van der Waals surface area contributed by atoms with Gasteiger partial charge in [0.15, 0.2) is 0 Å². The number of carbonyl (C=O) groups is 1. The molecule has 1 heterocycles. The lowest BCUT2D eigenvalue weighted by Crippen LogP contribution is -2.13. The van der Waals surface area contributed by atoms with Crippen LogP contribution in [-0.4, -0.2) is 18.0 Å². The highest BCUT2D eigenvalue weighted by Gasteiger charge is 2.12. The van der Waals surface area contributed by atoms with Crippen molar-refractivity contribution in [1.82, 2.24) is 4.98 Å². The zero-order chi connectivity index (χ0) is 19.1. The fraction of sp³-hybridized carbons (Fsp3) is 0.0952. The van der Waals surface area contributed by atoms with Gasteiger partial charge in [-0.05, 0) is 35.9 Å². The first-order valence-corrected chi connectivity index (χ1v) is 9.20. The van der Waals surface area contributed by atoms with Crippen LogP contribution in [0.15, 0.2) is 71.8 Å². The van der Waals surface area contributed by atoms with Crippen LogP contribution in [0.25, 0.3) is 0 Å². The van der Waals surface area contributed by atoms with E-state index in [1.165, 1.54) is 0 Å². The Balaban J connectivity index is 1.70. The molecule has 0 saturated heterocycles. The third kappa shape index (κ3) is 4.87. The van der Waals surface area contributed by atoms with Crippen LogP contribution in [0.4, 0.5) is 5.69 Å². The highest BCUT2D eigenvalue weighted by atomic mass is 32.2. The lowest BCUT2D eigenvalue weighted by molar-refractivity contribution is 0.102. The Hall–Kier alpha value is -3.30. The van der Waals surface area contributed by atoms with E-state index >= 15 is 0 Å². The van der Waals surface area contributed by atoms with Gasteiger partial charge in [-0.1, -0.05) is 24.3 Å². The zero-order valence-corrected chi connectivity index (χ0v) is 15.5.